The average Bonchev–Trinajstić information content (AvgIpc) is 2.80. The molecule has 188 valence electrons. The number of aromatic nitrogens is 1. The second-order valence-electron chi connectivity index (χ2n) is 8.34. The summed E-state index contributed by atoms with van der Waals surface area (Å²) in [4.78, 5) is 23.6. The number of hydrogen-bond acceptors (Lipinski definition) is 7. The number of nitrogens with zero attached hydrogens (tertiary/aromatic N) is 3. The van der Waals surface area contributed by atoms with Gasteiger partial charge in [0.05, 0.1) is 17.5 Å². The summed E-state index contributed by atoms with van der Waals surface area (Å²) in [6.45, 7) is -0.250. The first-order chi connectivity index (χ1) is 16.6. The van der Waals surface area contributed by atoms with Crippen LogP contribution in [0.15, 0.2) is 47.6 Å². The first-order valence-corrected chi connectivity index (χ1v) is 10.9. The van der Waals surface area contributed by atoms with Crippen LogP contribution in [0.4, 0.5) is 13.2 Å². The van der Waals surface area contributed by atoms with Crippen LogP contribution < -0.4 is 15.8 Å². The van der Waals surface area contributed by atoms with Crippen molar-refractivity contribution in [1.29, 1.82) is 0 Å². The van der Waals surface area contributed by atoms with E-state index in [0.29, 0.717) is 47.6 Å². The highest BCUT2D eigenvalue weighted by atomic mass is 19.4. The van der Waals surface area contributed by atoms with Crippen molar-refractivity contribution < 1.29 is 27.8 Å². The van der Waals surface area contributed by atoms with Gasteiger partial charge in [-0.25, -0.2) is 4.98 Å². The van der Waals surface area contributed by atoms with Crippen molar-refractivity contribution in [2.45, 2.75) is 24.7 Å². The number of aliphatic hydroxyl groups excluding tert-OH is 1. The maximum absolute atomic E-state index is 13.1. The number of benzene rings is 1. The van der Waals surface area contributed by atoms with Crippen LogP contribution in [0.3, 0.4) is 0 Å². The van der Waals surface area contributed by atoms with E-state index in [4.69, 9.17) is 10.5 Å². The van der Waals surface area contributed by atoms with Crippen LogP contribution in [0.25, 0.3) is 16.8 Å². The Hall–Kier alpha value is -3.44. The van der Waals surface area contributed by atoms with Crippen LogP contribution in [0.5, 0.6) is 5.75 Å². The fourth-order valence-electron chi connectivity index (χ4n) is 3.84. The lowest BCUT2D eigenvalue weighted by atomic mass is 10.0. The van der Waals surface area contributed by atoms with Gasteiger partial charge in [0, 0.05) is 55.3 Å². The van der Waals surface area contributed by atoms with E-state index in [1.165, 1.54) is 24.5 Å². The summed E-state index contributed by atoms with van der Waals surface area (Å²) >= 11 is 0. The van der Waals surface area contributed by atoms with Crippen molar-refractivity contribution in [2.24, 2.45) is 10.7 Å². The molecule has 8 nitrogen and oxygen atoms in total. The van der Waals surface area contributed by atoms with Crippen molar-refractivity contribution >= 4 is 17.7 Å². The van der Waals surface area contributed by atoms with Gasteiger partial charge < -0.3 is 25.8 Å². The van der Waals surface area contributed by atoms with Gasteiger partial charge in [0.1, 0.15) is 5.75 Å². The molecule has 0 radical (unpaired) electrons. The Kier molecular flexibility index (Phi) is 8.47. The number of piperidine rings is 1. The summed E-state index contributed by atoms with van der Waals surface area (Å²) in [7, 11) is 3.44. The third-order valence-electron chi connectivity index (χ3n) is 5.33. The number of allylic oxidation sites excluding steroid dienone is 1. The molecule has 4 N–H and O–H groups in total. The fourth-order valence-corrected chi connectivity index (χ4v) is 3.84. The molecule has 1 fully saturated rings. The minimum Gasteiger partial charge on any atom is -0.484 e. The van der Waals surface area contributed by atoms with E-state index in [1.807, 2.05) is 11.9 Å². The number of hydrogen-bond donors (Lipinski definition) is 3. The Balaban J connectivity index is 1.91. The maximum atomic E-state index is 13.1. The van der Waals surface area contributed by atoms with Crippen molar-refractivity contribution in [1.82, 2.24) is 15.2 Å². The molecule has 1 aliphatic rings. The Bertz CT molecular complexity index is 1080. The van der Waals surface area contributed by atoms with Crippen molar-refractivity contribution in [3.05, 3.63) is 53.9 Å². The van der Waals surface area contributed by atoms with Gasteiger partial charge in [-0.3, -0.25) is 9.79 Å². The molecule has 1 aromatic carbocycles. The van der Waals surface area contributed by atoms with E-state index in [0.717, 1.165) is 0 Å². The number of nitrogens with one attached hydrogen (secondary N) is 1. The second kappa shape index (κ2) is 11.3. The second-order valence-corrected chi connectivity index (χ2v) is 8.34. The third-order valence-corrected chi connectivity index (χ3v) is 5.33. The molecule has 1 saturated heterocycles. The predicted molar refractivity (Wildman–Crippen MR) is 127 cm³/mol. The molecule has 0 saturated carbocycles. The number of rotatable bonds is 7. The Morgan fingerprint density at radius 1 is 1.31 bits per heavy atom. The Morgan fingerprint density at radius 2 is 2.03 bits per heavy atom. The molecule has 0 unspecified atom stereocenters. The normalized spacial score (nSPS) is 19.7. The third kappa shape index (κ3) is 7.52. The number of ether oxygens (including phenoxy) is 1. The van der Waals surface area contributed by atoms with E-state index in [1.54, 1.807) is 31.3 Å². The number of nitrogens with two attached hydrogens (primary N) is 1. The molecule has 11 heteroatoms. The highest BCUT2D eigenvalue weighted by Crippen LogP contribution is 2.26. The molecule has 2 heterocycles. The molecule has 0 spiro atoms. The van der Waals surface area contributed by atoms with Crippen LogP contribution in [-0.2, 0) is 0 Å². The average molecular weight is 492 g/mol. The zero-order valence-electron chi connectivity index (χ0n) is 19.4. The molecule has 1 aliphatic heterocycles. The summed E-state index contributed by atoms with van der Waals surface area (Å²) in [5, 5.41) is 13.0. The lowest BCUT2D eigenvalue weighted by Gasteiger charge is -2.33. The Labute approximate surface area is 201 Å². The van der Waals surface area contributed by atoms with Gasteiger partial charge in [-0.1, -0.05) is 0 Å². The summed E-state index contributed by atoms with van der Waals surface area (Å²) in [6.07, 6.45) is -1.70. The van der Waals surface area contributed by atoms with Gasteiger partial charge in [0.15, 0.2) is 6.61 Å². The van der Waals surface area contributed by atoms with E-state index < -0.39 is 18.9 Å². The van der Waals surface area contributed by atoms with Gasteiger partial charge in [-0.15, -0.1) is 0 Å². The van der Waals surface area contributed by atoms with Crippen LogP contribution >= 0.6 is 0 Å². The first-order valence-electron chi connectivity index (χ1n) is 10.9. The molecule has 3 rings (SSSR count). The fraction of sp³-hybridized carbons (Fsp3) is 0.375. The van der Waals surface area contributed by atoms with Crippen LogP contribution in [0, 0.1) is 0 Å². The number of carbonyl (C=O) groups excluding carboxylic acids is 1. The van der Waals surface area contributed by atoms with E-state index >= 15 is 0 Å². The highest BCUT2D eigenvalue weighted by Gasteiger charge is 2.28. The summed E-state index contributed by atoms with van der Waals surface area (Å²) in [6, 6.07) is 8.87. The molecular weight excluding hydrogens is 463 g/mol. The number of aliphatic imine (C=N–C) groups is 1. The molecule has 1 aromatic heterocycles. The van der Waals surface area contributed by atoms with Crippen molar-refractivity contribution in [3.8, 4) is 17.0 Å². The molecule has 0 bridgehead atoms. The topological polar surface area (TPSA) is 113 Å². The molecule has 2 atom stereocenters. The summed E-state index contributed by atoms with van der Waals surface area (Å²) in [5.74, 6) is -0.293. The summed E-state index contributed by atoms with van der Waals surface area (Å²) < 4.78 is 42.0. The lowest BCUT2D eigenvalue weighted by molar-refractivity contribution is -0.153. The predicted octanol–water partition coefficient (Wildman–Crippen LogP) is 2.48. The zero-order valence-corrected chi connectivity index (χ0v) is 19.4. The van der Waals surface area contributed by atoms with E-state index in [9.17, 15) is 23.1 Å². The van der Waals surface area contributed by atoms with Crippen LogP contribution in [0.2, 0.25) is 0 Å². The maximum Gasteiger partial charge on any atom is 0.422 e. The summed E-state index contributed by atoms with van der Waals surface area (Å²) in [5.41, 5.74) is 7.93. The number of pyridine rings is 1. The smallest absolute Gasteiger partial charge is 0.422 e. The number of alkyl halides is 3. The standard InChI is InChI=1S/C24H28F3N5O3/c1-29-11-17(10-28)22-8-16(23(34)30-18-9-19(33)13-32(2)12-18)7-21(31-22)15-3-5-20(6-4-15)35-14-24(25,26)27/h3-8,10-11,18-19,33H,9,12-14,28H2,1-2H3,(H,30,34)/b17-10+,29-11?/t18-,19+/m0/s1. The lowest BCUT2D eigenvalue weighted by Crippen LogP contribution is -2.51. The SMILES string of the molecule is CN=C/C(=C\N)c1cc(C(=O)N[C@H]2C[C@@H](O)CN(C)C2)cc(-c2ccc(OCC(F)(F)F)cc2)n1. The van der Waals surface area contributed by atoms with Crippen molar-refractivity contribution in [2.75, 3.05) is 33.8 Å². The number of aliphatic hydroxyl groups is 1. The van der Waals surface area contributed by atoms with E-state index in [-0.39, 0.29) is 17.7 Å². The van der Waals surface area contributed by atoms with Crippen LogP contribution in [0.1, 0.15) is 22.5 Å². The molecular formula is C24H28F3N5O3. The number of β-amino-alcohol motifs (C(OH)–C–C–N with tert-alkyl or cyclic N) is 1. The number of likely N-dealkylation sites (N-methyl/N-ethyl adjacent to an activating group) is 1. The molecule has 2 aromatic rings. The molecule has 35 heavy (non-hydrogen) atoms. The van der Waals surface area contributed by atoms with Crippen molar-refractivity contribution in [3.63, 3.8) is 0 Å². The first kappa shape index (κ1) is 26.2. The van der Waals surface area contributed by atoms with Gasteiger partial charge in [0.2, 0.25) is 0 Å². The molecule has 0 aliphatic carbocycles. The molecule has 1 amide bonds. The Morgan fingerprint density at radius 3 is 2.63 bits per heavy atom. The quantitative estimate of drug-likeness (QED) is 0.513. The monoisotopic (exact) mass is 491 g/mol. The minimum atomic E-state index is -4.44. The zero-order chi connectivity index (χ0) is 25.6. The number of halogens is 3. The van der Waals surface area contributed by atoms with Gasteiger partial charge in [0.25, 0.3) is 5.91 Å². The largest absolute Gasteiger partial charge is 0.484 e. The number of amides is 1. The van der Waals surface area contributed by atoms with Crippen LogP contribution in [-0.4, -0.2) is 79.2 Å². The van der Waals surface area contributed by atoms with E-state index in [2.05, 4.69) is 15.3 Å². The number of carbonyl (C=O) groups is 1. The van der Waals surface area contributed by atoms with Gasteiger partial charge in [-0.2, -0.15) is 13.2 Å². The van der Waals surface area contributed by atoms with Gasteiger partial charge in [-0.05, 0) is 49.9 Å². The van der Waals surface area contributed by atoms with Gasteiger partial charge >= 0.3 is 6.18 Å². The number of likely N-dealkylation sites (tertiary alicyclic amines) is 1. The minimum absolute atomic E-state index is 0.0563. The highest BCUT2D eigenvalue weighted by molar-refractivity contribution is 6.09.